The number of hydrogen-bond acceptors (Lipinski definition) is 4. The third-order valence-electron chi connectivity index (χ3n) is 3.34. The SMILES string of the molecule is CN(C)CC(C)(O)CNC1CCSc2ccccc21. The number of likely N-dealkylation sites (N-methyl/N-ethyl adjacent to an activating group) is 1. The number of benzene rings is 1. The minimum atomic E-state index is -0.691. The lowest BCUT2D eigenvalue weighted by molar-refractivity contribution is 0.0311. The number of rotatable bonds is 5. The molecule has 1 aliphatic rings. The molecule has 0 bridgehead atoms. The molecule has 0 saturated heterocycles. The van der Waals surface area contributed by atoms with E-state index in [1.165, 1.54) is 10.5 Å². The van der Waals surface area contributed by atoms with Crippen LogP contribution in [-0.4, -0.2) is 48.5 Å². The predicted molar refractivity (Wildman–Crippen MR) is 81.7 cm³/mol. The molecule has 2 N–H and O–H groups in total. The Morgan fingerprint density at radius 2 is 2.16 bits per heavy atom. The van der Waals surface area contributed by atoms with Crippen LogP contribution in [0.5, 0.6) is 0 Å². The number of aliphatic hydroxyl groups is 1. The highest BCUT2D eigenvalue weighted by molar-refractivity contribution is 7.99. The molecule has 106 valence electrons. The summed E-state index contributed by atoms with van der Waals surface area (Å²) in [7, 11) is 3.97. The van der Waals surface area contributed by atoms with Gasteiger partial charge in [-0.2, -0.15) is 0 Å². The van der Waals surface area contributed by atoms with Crippen molar-refractivity contribution in [2.75, 3.05) is 32.9 Å². The summed E-state index contributed by atoms with van der Waals surface area (Å²) in [6.45, 7) is 3.18. The van der Waals surface area contributed by atoms with E-state index in [4.69, 9.17) is 0 Å². The molecular weight excluding hydrogens is 256 g/mol. The molecule has 1 aromatic rings. The van der Waals surface area contributed by atoms with Gasteiger partial charge in [0, 0.05) is 24.0 Å². The van der Waals surface area contributed by atoms with E-state index >= 15 is 0 Å². The fourth-order valence-electron chi connectivity index (χ4n) is 2.63. The van der Waals surface area contributed by atoms with Gasteiger partial charge in [-0.05, 0) is 44.8 Å². The summed E-state index contributed by atoms with van der Waals surface area (Å²) in [5, 5.41) is 13.9. The van der Waals surface area contributed by atoms with Crippen molar-refractivity contribution in [2.45, 2.75) is 29.9 Å². The molecule has 3 nitrogen and oxygen atoms in total. The highest BCUT2D eigenvalue weighted by Gasteiger charge is 2.25. The second kappa shape index (κ2) is 6.27. The second-order valence-corrected chi connectivity index (χ2v) is 6.98. The van der Waals surface area contributed by atoms with Gasteiger partial charge in [-0.25, -0.2) is 0 Å². The van der Waals surface area contributed by atoms with E-state index in [-0.39, 0.29) is 0 Å². The summed E-state index contributed by atoms with van der Waals surface area (Å²) < 4.78 is 0. The quantitative estimate of drug-likeness (QED) is 0.866. The van der Waals surface area contributed by atoms with Crippen LogP contribution >= 0.6 is 11.8 Å². The largest absolute Gasteiger partial charge is 0.388 e. The third kappa shape index (κ3) is 4.21. The Morgan fingerprint density at radius 3 is 2.89 bits per heavy atom. The maximum absolute atomic E-state index is 10.4. The Balaban J connectivity index is 1.98. The van der Waals surface area contributed by atoms with Crippen molar-refractivity contribution >= 4 is 11.8 Å². The molecule has 1 aliphatic heterocycles. The van der Waals surface area contributed by atoms with Gasteiger partial charge in [-0.3, -0.25) is 0 Å². The van der Waals surface area contributed by atoms with E-state index in [0.717, 1.165) is 12.2 Å². The van der Waals surface area contributed by atoms with Gasteiger partial charge in [-0.1, -0.05) is 18.2 Å². The third-order valence-corrected chi connectivity index (χ3v) is 4.47. The second-order valence-electron chi connectivity index (χ2n) is 5.84. The van der Waals surface area contributed by atoms with Crippen LogP contribution in [0.25, 0.3) is 0 Å². The summed E-state index contributed by atoms with van der Waals surface area (Å²) in [5.74, 6) is 1.14. The first-order chi connectivity index (χ1) is 8.98. The van der Waals surface area contributed by atoms with E-state index in [0.29, 0.717) is 19.1 Å². The molecule has 4 heteroatoms. The van der Waals surface area contributed by atoms with Crippen LogP contribution in [0.2, 0.25) is 0 Å². The highest BCUT2D eigenvalue weighted by atomic mass is 32.2. The van der Waals surface area contributed by atoms with Crippen molar-refractivity contribution in [3.63, 3.8) is 0 Å². The number of nitrogens with zero attached hydrogens (tertiary/aromatic N) is 1. The van der Waals surface area contributed by atoms with Gasteiger partial charge in [0.1, 0.15) is 0 Å². The number of hydrogen-bond donors (Lipinski definition) is 2. The first-order valence-corrected chi connectivity index (χ1v) is 7.79. The van der Waals surface area contributed by atoms with Crippen molar-refractivity contribution in [1.29, 1.82) is 0 Å². The summed E-state index contributed by atoms with van der Waals surface area (Å²) in [4.78, 5) is 3.39. The Hall–Kier alpha value is -0.550. The Kier molecular flexibility index (Phi) is 4.90. The lowest BCUT2D eigenvalue weighted by Crippen LogP contribution is -2.46. The first-order valence-electron chi connectivity index (χ1n) is 6.80. The molecular formula is C15H24N2OS. The number of nitrogens with one attached hydrogen (secondary N) is 1. The normalized spacial score (nSPS) is 22.1. The monoisotopic (exact) mass is 280 g/mol. The van der Waals surface area contributed by atoms with Crippen molar-refractivity contribution in [3.8, 4) is 0 Å². The van der Waals surface area contributed by atoms with Crippen molar-refractivity contribution in [2.24, 2.45) is 0 Å². The molecule has 0 fully saturated rings. The van der Waals surface area contributed by atoms with Gasteiger partial charge < -0.3 is 15.3 Å². The molecule has 1 aromatic carbocycles. The van der Waals surface area contributed by atoms with Crippen LogP contribution in [-0.2, 0) is 0 Å². The highest BCUT2D eigenvalue weighted by Crippen LogP contribution is 2.35. The van der Waals surface area contributed by atoms with Gasteiger partial charge in [0.15, 0.2) is 0 Å². The summed E-state index contributed by atoms with van der Waals surface area (Å²) in [6, 6.07) is 8.94. The molecule has 2 unspecified atom stereocenters. The maximum Gasteiger partial charge on any atom is 0.0869 e. The summed E-state index contributed by atoms with van der Waals surface area (Å²) in [6.07, 6.45) is 1.12. The molecule has 0 aromatic heterocycles. The van der Waals surface area contributed by atoms with Crippen LogP contribution in [0.1, 0.15) is 24.9 Å². The van der Waals surface area contributed by atoms with Gasteiger partial charge in [0.25, 0.3) is 0 Å². The standard InChI is InChI=1S/C15H24N2OS/c1-15(18,11-17(2)3)10-16-13-8-9-19-14-7-5-4-6-12(13)14/h4-7,13,16,18H,8-11H2,1-3H3. The minimum Gasteiger partial charge on any atom is -0.388 e. The van der Waals surface area contributed by atoms with Crippen LogP contribution < -0.4 is 5.32 Å². The fourth-order valence-corrected chi connectivity index (χ4v) is 3.76. The molecule has 0 radical (unpaired) electrons. The van der Waals surface area contributed by atoms with E-state index in [9.17, 15) is 5.11 Å². The van der Waals surface area contributed by atoms with Crippen molar-refractivity contribution < 1.29 is 5.11 Å². The lowest BCUT2D eigenvalue weighted by Gasteiger charge is -2.32. The Labute approximate surface area is 120 Å². The zero-order valence-corrected chi connectivity index (χ0v) is 12.8. The van der Waals surface area contributed by atoms with Gasteiger partial charge >= 0.3 is 0 Å². The topological polar surface area (TPSA) is 35.5 Å². The zero-order chi connectivity index (χ0) is 13.9. The molecule has 0 amide bonds. The van der Waals surface area contributed by atoms with Crippen LogP contribution in [0, 0.1) is 0 Å². The van der Waals surface area contributed by atoms with E-state index in [1.807, 2.05) is 37.7 Å². The van der Waals surface area contributed by atoms with Crippen LogP contribution in [0.3, 0.4) is 0 Å². The van der Waals surface area contributed by atoms with E-state index < -0.39 is 5.60 Å². The molecule has 2 rings (SSSR count). The average molecular weight is 280 g/mol. The zero-order valence-electron chi connectivity index (χ0n) is 12.0. The Morgan fingerprint density at radius 1 is 1.42 bits per heavy atom. The lowest BCUT2D eigenvalue weighted by atomic mass is 10.0. The van der Waals surface area contributed by atoms with Gasteiger partial charge in [0.05, 0.1) is 5.60 Å². The smallest absolute Gasteiger partial charge is 0.0869 e. The number of thioether (sulfide) groups is 1. The van der Waals surface area contributed by atoms with Crippen LogP contribution in [0.15, 0.2) is 29.2 Å². The van der Waals surface area contributed by atoms with Crippen molar-refractivity contribution in [3.05, 3.63) is 29.8 Å². The molecule has 1 heterocycles. The van der Waals surface area contributed by atoms with Crippen LogP contribution in [0.4, 0.5) is 0 Å². The molecule has 0 aliphatic carbocycles. The molecule has 0 saturated carbocycles. The summed E-state index contributed by atoms with van der Waals surface area (Å²) in [5.41, 5.74) is 0.683. The van der Waals surface area contributed by atoms with E-state index in [1.54, 1.807) is 0 Å². The molecule has 2 atom stereocenters. The fraction of sp³-hybridized carbons (Fsp3) is 0.600. The summed E-state index contributed by atoms with van der Waals surface area (Å²) >= 11 is 1.93. The van der Waals surface area contributed by atoms with Gasteiger partial charge in [0.2, 0.25) is 0 Å². The number of fused-ring (bicyclic) bond motifs is 1. The van der Waals surface area contributed by atoms with Crippen molar-refractivity contribution in [1.82, 2.24) is 10.2 Å². The molecule has 19 heavy (non-hydrogen) atoms. The Bertz CT molecular complexity index is 420. The first kappa shape index (κ1) is 14.9. The minimum absolute atomic E-state index is 0.367. The maximum atomic E-state index is 10.4. The van der Waals surface area contributed by atoms with E-state index in [2.05, 4.69) is 29.6 Å². The van der Waals surface area contributed by atoms with Gasteiger partial charge in [-0.15, -0.1) is 11.8 Å². The molecule has 0 spiro atoms. The predicted octanol–water partition coefficient (Wildman–Crippen LogP) is 2.13. The average Bonchev–Trinajstić information content (AvgIpc) is 2.35.